The molecular weight excluding hydrogens is 333 g/mol. The van der Waals surface area contributed by atoms with E-state index in [1.165, 1.54) is 16.4 Å². The molecule has 1 saturated heterocycles. The molecule has 0 bridgehead atoms. The Morgan fingerprint density at radius 2 is 1.83 bits per heavy atom. The maximum Gasteiger partial charge on any atom is 0.314 e. The maximum atomic E-state index is 12.9. The van der Waals surface area contributed by atoms with Gasteiger partial charge in [0.15, 0.2) is 0 Å². The Bertz CT molecular complexity index is 641. The predicted octanol–water partition coefficient (Wildman–Crippen LogP) is 1.94. The van der Waals surface area contributed by atoms with E-state index in [1.807, 2.05) is 6.92 Å². The number of benzene rings is 1. The van der Waals surface area contributed by atoms with Crippen molar-refractivity contribution in [3.8, 4) is 0 Å². The van der Waals surface area contributed by atoms with E-state index >= 15 is 0 Å². The highest BCUT2D eigenvalue weighted by atomic mass is 32.2. The van der Waals surface area contributed by atoms with Crippen LogP contribution in [0.2, 0.25) is 0 Å². The number of piperidine rings is 1. The summed E-state index contributed by atoms with van der Waals surface area (Å²) in [6, 6.07) is 4.74. The second-order valence-corrected chi connectivity index (χ2v) is 7.81. The quantitative estimate of drug-likeness (QED) is 0.817. The number of sulfonamides is 1. The molecule has 0 atom stereocenters. The van der Waals surface area contributed by atoms with Crippen molar-refractivity contribution in [2.45, 2.75) is 31.1 Å². The number of hydrogen-bond donors (Lipinski definition) is 2. The average Bonchev–Trinajstić information content (AvgIpc) is 2.56. The first-order valence-corrected chi connectivity index (χ1v) is 9.65. The van der Waals surface area contributed by atoms with Gasteiger partial charge in [0, 0.05) is 26.2 Å². The van der Waals surface area contributed by atoms with Gasteiger partial charge in [0.2, 0.25) is 10.0 Å². The zero-order valence-corrected chi connectivity index (χ0v) is 14.6. The number of urea groups is 1. The lowest BCUT2D eigenvalue weighted by atomic mass is 9.95. The predicted molar refractivity (Wildman–Crippen MR) is 89.6 cm³/mol. The lowest BCUT2D eigenvalue weighted by Crippen LogP contribution is -2.40. The Morgan fingerprint density at radius 1 is 1.21 bits per heavy atom. The number of carbonyl (C=O) groups is 1. The van der Waals surface area contributed by atoms with Gasteiger partial charge in [0.1, 0.15) is 5.82 Å². The number of rotatable bonds is 6. The van der Waals surface area contributed by atoms with E-state index in [9.17, 15) is 17.6 Å². The molecule has 1 heterocycles. The van der Waals surface area contributed by atoms with Crippen molar-refractivity contribution in [3.05, 3.63) is 30.1 Å². The Kier molecular flexibility index (Phi) is 6.56. The zero-order chi connectivity index (χ0) is 17.6. The average molecular weight is 357 g/mol. The van der Waals surface area contributed by atoms with E-state index in [2.05, 4.69) is 10.6 Å². The Hall–Kier alpha value is -1.67. The standard InChI is InChI=1S/C16H24FN3O3S/c1-2-18-16(21)19-10-7-13-8-11-20(12-9-13)24(22,23)15-5-3-14(17)4-6-15/h3-6,13H,2,7-12H2,1H3,(H2,18,19,21). The third-order valence-corrected chi connectivity index (χ3v) is 6.11. The molecular formula is C16H24FN3O3S. The third kappa shape index (κ3) is 4.91. The van der Waals surface area contributed by atoms with E-state index in [-0.39, 0.29) is 10.9 Å². The van der Waals surface area contributed by atoms with Gasteiger partial charge < -0.3 is 10.6 Å². The maximum absolute atomic E-state index is 12.9. The number of amides is 2. The van der Waals surface area contributed by atoms with E-state index in [0.717, 1.165) is 31.4 Å². The number of hydrogen-bond acceptors (Lipinski definition) is 3. The molecule has 8 heteroatoms. The second kappa shape index (κ2) is 8.43. The van der Waals surface area contributed by atoms with Crippen LogP contribution >= 0.6 is 0 Å². The first-order chi connectivity index (χ1) is 11.4. The monoisotopic (exact) mass is 357 g/mol. The van der Waals surface area contributed by atoms with Gasteiger partial charge in [0.05, 0.1) is 4.90 Å². The fourth-order valence-electron chi connectivity index (χ4n) is 2.81. The summed E-state index contributed by atoms with van der Waals surface area (Å²) in [5.41, 5.74) is 0. The Morgan fingerprint density at radius 3 is 2.42 bits per heavy atom. The fourth-order valence-corrected chi connectivity index (χ4v) is 4.28. The van der Waals surface area contributed by atoms with Crippen LogP contribution < -0.4 is 10.6 Å². The minimum Gasteiger partial charge on any atom is -0.338 e. The molecule has 1 aromatic carbocycles. The first kappa shape index (κ1) is 18.7. The number of carbonyl (C=O) groups excluding carboxylic acids is 1. The van der Waals surface area contributed by atoms with Crippen LogP contribution in [0.25, 0.3) is 0 Å². The van der Waals surface area contributed by atoms with Gasteiger partial charge >= 0.3 is 6.03 Å². The molecule has 1 aromatic rings. The molecule has 6 nitrogen and oxygen atoms in total. The summed E-state index contributed by atoms with van der Waals surface area (Å²) >= 11 is 0. The molecule has 1 aliphatic rings. The number of nitrogens with one attached hydrogen (secondary N) is 2. The van der Waals surface area contributed by atoms with Gasteiger partial charge in [-0.3, -0.25) is 0 Å². The van der Waals surface area contributed by atoms with Crippen molar-refractivity contribution in [2.24, 2.45) is 5.92 Å². The van der Waals surface area contributed by atoms with Crippen molar-refractivity contribution in [2.75, 3.05) is 26.2 Å². The summed E-state index contributed by atoms with van der Waals surface area (Å²) in [6.07, 6.45) is 2.36. The van der Waals surface area contributed by atoms with Crippen LogP contribution in [0.3, 0.4) is 0 Å². The van der Waals surface area contributed by atoms with E-state index in [1.54, 1.807) is 0 Å². The molecule has 0 radical (unpaired) electrons. The van der Waals surface area contributed by atoms with Crippen LogP contribution in [-0.2, 0) is 10.0 Å². The van der Waals surface area contributed by atoms with Gasteiger partial charge in [-0.25, -0.2) is 17.6 Å². The third-order valence-electron chi connectivity index (χ3n) is 4.20. The van der Waals surface area contributed by atoms with Crippen LogP contribution in [-0.4, -0.2) is 44.9 Å². The Balaban J connectivity index is 1.81. The second-order valence-electron chi connectivity index (χ2n) is 5.88. The highest BCUT2D eigenvalue weighted by Gasteiger charge is 2.29. The summed E-state index contributed by atoms with van der Waals surface area (Å²) in [5.74, 6) is -0.0566. The van der Waals surface area contributed by atoms with E-state index < -0.39 is 15.8 Å². The summed E-state index contributed by atoms with van der Waals surface area (Å²) in [5, 5.41) is 5.45. The largest absolute Gasteiger partial charge is 0.338 e. The zero-order valence-electron chi connectivity index (χ0n) is 13.8. The van der Waals surface area contributed by atoms with Gasteiger partial charge in [0.25, 0.3) is 0 Å². The van der Waals surface area contributed by atoms with Gasteiger partial charge in [-0.05, 0) is 56.4 Å². The van der Waals surface area contributed by atoms with Crippen LogP contribution in [0.5, 0.6) is 0 Å². The van der Waals surface area contributed by atoms with Gasteiger partial charge in [-0.1, -0.05) is 0 Å². The molecule has 1 aliphatic heterocycles. The van der Waals surface area contributed by atoms with Crippen molar-refractivity contribution in [1.29, 1.82) is 0 Å². The van der Waals surface area contributed by atoms with Crippen molar-refractivity contribution in [1.82, 2.24) is 14.9 Å². The topological polar surface area (TPSA) is 78.5 Å². The van der Waals surface area contributed by atoms with Gasteiger partial charge in [-0.2, -0.15) is 4.31 Å². The highest BCUT2D eigenvalue weighted by Crippen LogP contribution is 2.25. The molecule has 0 aliphatic carbocycles. The summed E-state index contributed by atoms with van der Waals surface area (Å²) in [6.45, 7) is 3.93. The van der Waals surface area contributed by atoms with Crippen molar-refractivity contribution < 1.29 is 17.6 Å². The molecule has 2 rings (SSSR count). The molecule has 0 spiro atoms. The molecule has 134 valence electrons. The van der Waals surface area contributed by atoms with Crippen LogP contribution in [0.4, 0.5) is 9.18 Å². The Labute approximate surface area is 142 Å². The normalized spacial score (nSPS) is 16.8. The summed E-state index contributed by atoms with van der Waals surface area (Å²) in [4.78, 5) is 11.4. The summed E-state index contributed by atoms with van der Waals surface area (Å²) < 4.78 is 39.4. The van der Waals surface area contributed by atoms with Crippen molar-refractivity contribution >= 4 is 16.1 Å². The lowest BCUT2D eigenvalue weighted by molar-refractivity contribution is 0.236. The van der Waals surface area contributed by atoms with Crippen molar-refractivity contribution in [3.63, 3.8) is 0 Å². The van der Waals surface area contributed by atoms with E-state index in [4.69, 9.17) is 0 Å². The fraction of sp³-hybridized carbons (Fsp3) is 0.562. The molecule has 0 aromatic heterocycles. The smallest absolute Gasteiger partial charge is 0.314 e. The minimum atomic E-state index is -3.56. The van der Waals surface area contributed by atoms with Crippen LogP contribution in [0.1, 0.15) is 26.2 Å². The van der Waals surface area contributed by atoms with Crippen LogP contribution in [0, 0.1) is 11.7 Å². The first-order valence-electron chi connectivity index (χ1n) is 8.21. The SMILES string of the molecule is CCNC(=O)NCCC1CCN(S(=O)(=O)c2ccc(F)cc2)CC1. The molecule has 24 heavy (non-hydrogen) atoms. The highest BCUT2D eigenvalue weighted by molar-refractivity contribution is 7.89. The summed E-state index contributed by atoms with van der Waals surface area (Å²) in [7, 11) is -3.56. The number of nitrogens with zero attached hydrogens (tertiary/aromatic N) is 1. The molecule has 1 fully saturated rings. The van der Waals surface area contributed by atoms with E-state index in [0.29, 0.717) is 32.1 Å². The lowest BCUT2D eigenvalue weighted by Gasteiger charge is -2.31. The molecule has 2 amide bonds. The molecule has 0 unspecified atom stereocenters. The molecule has 0 saturated carbocycles. The molecule has 2 N–H and O–H groups in total. The minimum absolute atomic E-state index is 0.125. The number of halogens is 1. The van der Waals surface area contributed by atoms with Gasteiger partial charge in [-0.15, -0.1) is 0 Å². The van der Waals surface area contributed by atoms with Crippen LogP contribution in [0.15, 0.2) is 29.2 Å².